The zero-order valence-electron chi connectivity index (χ0n) is 12.8. The van der Waals surface area contributed by atoms with Gasteiger partial charge in [-0.3, -0.25) is 0 Å². The second kappa shape index (κ2) is 6.31. The van der Waals surface area contributed by atoms with Crippen LogP contribution in [0.15, 0.2) is 24.3 Å². The Bertz CT molecular complexity index is 381. The minimum absolute atomic E-state index is 0.659. The van der Waals surface area contributed by atoms with Crippen molar-refractivity contribution in [3.05, 3.63) is 24.3 Å². The number of hydrogen-bond acceptors (Lipinski definition) is 2. The molecule has 2 unspecified atom stereocenters. The van der Waals surface area contributed by atoms with E-state index in [2.05, 4.69) is 62.4 Å². The fourth-order valence-corrected chi connectivity index (χ4v) is 3.06. The average Bonchev–Trinajstić information content (AvgIpc) is 2.39. The highest BCUT2D eigenvalue weighted by molar-refractivity contribution is 5.54. The highest BCUT2D eigenvalue weighted by Crippen LogP contribution is 2.31. The van der Waals surface area contributed by atoms with Crippen LogP contribution in [0.3, 0.4) is 0 Å². The third-order valence-electron chi connectivity index (χ3n) is 4.41. The summed E-state index contributed by atoms with van der Waals surface area (Å²) in [4.78, 5) is 2.14. The Morgan fingerprint density at radius 2 is 1.79 bits per heavy atom. The van der Waals surface area contributed by atoms with Crippen LogP contribution in [0.1, 0.15) is 39.5 Å². The summed E-state index contributed by atoms with van der Waals surface area (Å²) < 4.78 is 0. The maximum atomic E-state index is 3.71. The molecular weight excluding hydrogens is 232 g/mol. The summed E-state index contributed by atoms with van der Waals surface area (Å²) in [5, 5.41) is 3.71. The third kappa shape index (κ3) is 3.89. The molecule has 1 aromatic rings. The lowest BCUT2D eigenvalue weighted by molar-refractivity contribution is 0.264. The van der Waals surface area contributed by atoms with Crippen molar-refractivity contribution in [1.29, 1.82) is 0 Å². The van der Waals surface area contributed by atoms with Crippen LogP contribution in [0.5, 0.6) is 0 Å². The lowest BCUT2D eigenvalue weighted by atomic mass is 9.79. The molecule has 0 radical (unpaired) electrons. The lowest BCUT2D eigenvalue weighted by Crippen LogP contribution is -2.29. The van der Waals surface area contributed by atoms with Crippen molar-refractivity contribution in [1.82, 2.24) is 0 Å². The second-order valence-electron chi connectivity index (χ2n) is 6.45. The molecular formula is C17H28N2. The summed E-state index contributed by atoms with van der Waals surface area (Å²) in [5.74, 6) is 1.72. The van der Waals surface area contributed by atoms with E-state index in [4.69, 9.17) is 0 Å². The third-order valence-corrected chi connectivity index (χ3v) is 4.41. The summed E-state index contributed by atoms with van der Waals surface area (Å²) in [6, 6.07) is 9.44. The summed E-state index contributed by atoms with van der Waals surface area (Å²) in [5.41, 5.74) is 2.52. The van der Waals surface area contributed by atoms with Gasteiger partial charge in [0.2, 0.25) is 0 Å². The van der Waals surface area contributed by atoms with Gasteiger partial charge in [-0.05, 0) is 48.9 Å². The van der Waals surface area contributed by atoms with Crippen LogP contribution in [0.25, 0.3) is 0 Å². The van der Waals surface area contributed by atoms with Gasteiger partial charge in [0.25, 0.3) is 0 Å². The van der Waals surface area contributed by atoms with E-state index in [9.17, 15) is 0 Å². The maximum Gasteiger partial charge on any atom is 0.0362 e. The van der Waals surface area contributed by atoms with E-state index in [-0.39, 0.29) is 0 Å². The Hall–Kier alpha value is -1.18. The van der Waals surface area contributed by atoms with E-state index in [1.165, 1.54) is 37.1 Å². The van der Waals surface area contributed by atoms with Gasteiger partial charge in [-0.2, -0.15) is 0 Å². The van der Waals surface area contributed by atoms with Crippen molar-refractivity contribution >= 4 is 11.4 Å². The second-order valence-corrected chi connectivity index (χ2v) is 6.45. The van der Waals surface area contributed by atoms with Gasteiger partial charge in [0.05, 0.1) is 0 Å². The highest BCUT2D eigenvalue weighted by Gasteiger charge is 2.23. The van der Waals surface area contributed by atoms with E-state index in [0.29, 0.717) is 6.04 Å². The number of nitrogens with zero attached hydrogens (tertiary/aromatic N) is 1. The number of nitrogens with one attached hydrogen (secondary N) is 1. The predicted molar refractivity (Wildman–Crippen MR) is 85.0 cm³/mol. The zero-order chi connectivity index (χ0) is 13.8. The molecule has 0 spiro atoms. The molecule has 1 saturated carbocycles. The van der Waals surface area contributed by atoms with E-state index in [1.807, 2.05) is 0 Å². The Morgan fingerprint density at radius 3 is 2.37 bits per heavy atom. The molecule has 1 aliphatic carbocycles. The lowest BCUT2D eigenvalue weighted by Gasteiger charge is -2.32. The van der Waals surface area contributed by atoms with Crippen LogP contribution < -0.4 is 10.2 Å². The summed E-state index contributed by atoms with van der Waals surface area (Å²) in [7, 11) is 4.16. The molecule has 106 valence electrons. The minimum atomic E-state index is 0.659. The first-order valence-corrected chi connectivity index (χ1v) is 7.60. The van der Waals surface area contributed by atoms with Crippen molar-refractivity contribution in [3.8, 4) is 0 Å². The van der Waals surface area contributed by atoms with Crippen LogP contribution in [0.4, 0.5) is 11.4 Å². The van der Waals surface area contributed by atoms with Crippen molar-refractivity contribution in [2.75, 3.05) is 24.3 Å². The summed E-state index contributed by atoms with van der Waals surface area (Å²) in [6.45, 7) is 4.72. The number of anilines is 2. The Labute approximate surface area is 118 Å². The molecule has 2 heteroatoms. The standard InChI is InChI=1S/C17H28N2/c1-13(2)14-6-5-7-16(12-14)18-15-8-10-17(11-9-15)19(3)4/h8-11,13-14,16,18H,5-7,12H2,1-4H3. The fourth-order valence-electron chi connectivity index (χ4n) is 3.06. The predicted octanol–water partition coefficient (Wildman–Crippen LogP) is 4.38. The van der Waals surface area contributed by atoms with Gasteiger partial charge in [0, 0.05) is 31.5 Å². The molecule has 0 saturated heterocycles. The SMILES string of the molecule is CC(C)C1CCCC(Nc2ccc(N(C)C)cc2)C1. The fraction of sp³-hybridized carbons (Fsp3) is 0.647. The molecule has 0 bridgehead atoms. The van der Waals surface area contributed by atoms with Gasteiger partial charge in [0.15, 0.2) is 0 Å². The molecule has 1 aromatic carbocycles. The van der Waals surface area contributed by atoms with Gasteiger partial charge in [-0.25, -0.2) is 0 Å². The summed E-state index contributed by atoms with van der Waals surface area (Å²) in [6.07, 6.45) is 5.43. The molecule has 0 amide bonds. The molecule has 2 atom stereocenters. The molecule has 19 heavy (non-hydrogen) atoms. The zero-order valence-corrected chi connectivity index (χ0v) is 12.8. The largest absolute Gasteiger partial charge is 0.382 e. The van der Waals surface area contributed by atoms with Crippen LogP contribution in [0.2, 0.25) is 0 Å². The quantitative estimate of drug-likeness (QED) is 0.864. The molecule has 0 aliphatic heterocycles. The first kappa shape index (κ1) is 14.2. The number of benzene rings is 1. The van der Waals surface area contributed by atoms with Crippen LogP contribution >= 0.6 is 0 Å². The topological polar surface area (TPSA) is 15.3 Å². The van der Waals surface area contributed by atoms with Gasteiger partial charge in [0.1, 0.15) is 0 Å². The molecule has 0 aromatic heterocycles. The van der Waals surface area contributed by atoms with E-state index >= 15 is 0 Å². The Balaban J connectivity index is 1.93. The van der Waals surface area contributed by atoms with Crippen LogP contribution in [-0.4, -0.2) is 20.1 Å². The van der Waals surface area contributed by atoms with Gasteiger partial charge in [-0.1, -0.05) is 26.7 Å². The van der Waals surface area contributed by atoms with Crippen molar-refractivity contribution in [2.24, 2.45) is 11.8 Å². The first-order valence-electron chi connectivity index (χ1n) is 7.60. The molecule has 2 nitrogen and oxygen atoms in total. The normalized spacial score (nSPS) is 23.4. The molecule has 1 fully saturated rings. The molecule has 1 N–H and O–H groups in total. The van der Waals surface area contributed by atoms with Crippen LogP contribution in [0, 0.1) is 11.8 Å². The number of hydrogen-bond donors (Lipinski definition) is 1. The maximum absolute atomic E-state index is 3.71. The highest BCUT2D eigenvalue weighted by atomic mass is 15.1. The average molecular weight is 260 g/mol. The monoisotopic (exact) mass is 260 g/mol. The summed E-state index contributed by atoms with van der Waals surface area (Å²) >= 11 is 0. The molecule has 0 heterocycles. The van der Waals surface area contributed by atoms with Crippen molar-refractivity contribution in [3.63, 3.8) is 0 Å². The molecule has 1 aliphatic rings. The van der Waals surface area contributed by atoms with Gasteiger partial charge in [-0.15, -0.1) is 0 Å². The van der Waals surface area contributed by atoms with Crippen molar-refractivity contribution < 1.29 is 0 Å². The molecule has 2 rings (SSSR count). The van der Waals surface area contributed by atoms with E-state index in [1.54, 1.807) is 0 Å². The van der Waals surface area contributed by atoms with Crippen LogP contribution in [-0.2, 0) is 0 Å². The minimum Gasteiger partial charge on any atom is -0.382 e. The first-order chi connectivity index (χ1) is 9.06. The number of rotatable bonds is 4. The van der Waals surface area contributed by atoms with Gasteiger partial charge >= 0.3 is 0 Å². The smallest absolute Gasteiger partial charge is 0.0362 e. The van der Waals surface area contributed by atoms with Crippen molar-refractivity contribution in [2.45, 2.75) is 45.6 Å². The van der Waals surface area contributed by atoms with Gasteiger partial charge < -0.3 is 10.2 Å². The van der Waals surface area contributed by atoms with E-state index in [0.717, 1.165) is 11.8 Å². The Morgan fingerprint density at radius 1 is 1.11 bits per heavy atom. The van der Waals surface area contributed by atoms with E-state index < -0.39 is 0 Å². The Kier molecular flexibility index (Phi) is 4.73.